The van der Waals surface area contributed by atoms with Crippen LogP contribution in [-0.4, -0.2) is 29.4 Å². The number of hydrogen-bond donors (Lipinski definition) is 0. The molecule has 0 aliphatic rings. The van der Waals surface area contributed by atoms with Crippen LogP contribution in [0.2, 0.25) is 0 Å². The van der Waals surface area contributed by atoms with Gasteiger partial charge in [-0.3, -0.25) is 4.79 Å². The summed E-state index contributed by atoms with van der Waals surface area (Å²) in [4.78, 5) is 12.5. The monoisotopic (exact) mass is 337 g/mol. The van der Waals surface area contributed by atoms with Gasteiger partial charge in [-0.15, -0.1) is 0 Å². The fourth-order valence-electron chi connectivity index (χ4n) is 2.30. The smallest absolute Gasteiger partial charge is 0.289 e. The maximum Gasteiger partial charge on any atom is 0.289 e. The van der Waals surface area contributed by atoms with Crippen LogP contribution in [0.15, 0.2) is 42.5 Å². The number of nitrogens with zero attached hydrogens (tertiary/aromatic N) is 3. The molecule has 6 heteroatoms. The largest absolute Gasteiger partial charge is 0.493 e. The van der Waals surface area contributed by atoms with Gasteiger partial charge >= 0.3 is 0 Å². The molecule has 2 rings (SSSR count). The van der Waals surface area contributed by atoms with Crippen molar-refractivity contribution < 1.29 is 14.3 Å². The second-order valence-corrected chi connectivity index (χ2v) is 5.32. The van der Waals surface area contributed by atoms with E-state index in [1.54, 1.807) is 44.2 Å². The number of hydrogen-bond acceptors (Lipinski definition) is 5. The molecule has 1 aromatic heterocycles. The highest BCUT2D eigenvalue weighted by Gasteiger charge is 2.16. The lowest BCUT2D eigenvalue weighted by Gasteiger charge is -2.10. The number of aromatic nitrogens is 2. The summed E-state index contributed by atoms with van der Waals surface area (Å²) < 4.78 is 12.0. The Kier molecular flexibility index (Phi) is 5.75. The summed E-state index contributed by atoms with van der Waals surface area (Å²) in [7, 11) is 1.52. The van der Waals surface area contributed by atoms with Gasteiger partial charge < -0.3 is 9.47 Å². The maximum absolute atomic E-state index is 12.5. The number of aryl methyl sites for hydroxylation is 2. The minimum Gasteiger partial charge on any atom is -0.493 e. The van der Waals surface area contributed by atoms with Crippen LogP contribution >= 0.6 is 0 Å². The van der Waals surface area contributed by atoms with Crippen LogP contribution in [0, 0.1) is 25.2 Å². The molecule has 0 bridgehead atoms. The molecule has 0 atom stereocenters. The molecule has 2 aromatic rings. The molecular weight excluding hydrogens is 318 g/mol. The minimum atomic E-state index is -0.473. The molecule has 1 aromatic carbocycles. The summed E-state index contributed by atoms with van der Waals surface area (Å²) in [6.07, 6.45) is 3.13. The molecule has 6 nitrogen and oxygen atoms in total. The first-order valence-corrected chi connectivity index (χ1v) is 7.61. The van der Waals surface area contributed by atoms with Crippen LogP contribution in [0.4, 0.5) is 0 Å². The lowest BCUT2D eigenvalue weighted by atomic mass is 10.1. The highest BCUT2D eigenvalue weighted by Crippen LogP contribution is 2.29. The molecular formula is C19H19N3O3. The van der Waals surface area contributed by atoms with E-state index in [0.717, 1.165) is 0 Å². The molecule has 128 valence electrons. The summed E-state index contributed by atoms with van der Waals surface area (Å²) in [5.74, 6) is 0.591. The molecule has 0 saturated carbocycles. The van der Waals surface area contributed by atoms with E-state index in [0.29, 0.717) is 35.1 Å². The van der Waals surface area contributed by atoms with Crippen molar-refractivity contribution in [1.82, 2.24) is 9.78 Å². The number of benzene rings is 1. The number of methoxy groups -OCH3 is 1. The zero-order chi connectivity index (χ0) is 18.4. The van der Waals surface area contributed by atoms with E-state index in [-0.39, 0.29) is 5.57 Å². The van der Waals surface area contributed by atoms with Crippen LogP contribution in [0.3, 0.4) is 0 Å². The number of ether oxygens (including phenoxy) is 2. The normalized spacial score (nSPS) is 10.9. The first-order chi connectivity index (χ1) is 12.0. The lowest BCUT2D eigenvalue weighted by Crippen LogP contribution is -2.15. The number of nitriles is 1. The molecule has 0 spiro atoms. The number of carbonyl (C=O) groups is 1. The van der Waals surface area contributed by atoms with Crippen molar-refractivity contribution >= 4 is 12.0 Å². The second-order valence-electron chi connectivity index (χ2n) is 5.32. The van der Waals surface area contributed by atoms with Gasteiger partial charge in [0.2, 0.25) is 0 Å². The van der Waals surface area contributed by atoms with Crippen LogP contribution in [-0.2, 0) is 0 Å². The van der Waals surface area contributed by atoms with Gasteiger partial charge in [-0.05, 0) is 43.7 Å². The third-order valence-corrected chi connectivity index (χ3v) is 3.41. The molecule has 0 N–H and O–H groups in total. The van der Waals surface area contributed by atoms with Crippen molar-refractivity contribution in [1.29, 1.82) is 5.26 Å². The third kappa shape index (κ3) is 4.15. The Hall–Kier alpha value is -3.33. The molecule has 0 saturated heterocycles. The van der Waals surface area contributed by atoms with Crippen molar-refractivity contribution in [2.45, 2.75) is 13.8 Å². The zero-order valence-electron chi connectivity index (χ0n) is 14.4. The van der Waals surface area contributed by atoms with E-state index in [4.69, 9.17) is 9.47 Å². The highest BCUT2D eigenvalue weighted by atomic mass is 16.5. The van der Waals surface area contributed by atoms with E-state index in [2.05, 4.69) is 11.7 Å². The van der Waals surface area contributed by atoms with Crippen LogP contribution in [0.1, 0.15) is 21.7 Å². The van der Waals surface area contributed by atoms with E-state index in [1.165, 1.54) is 17.9 Å². The molecule has 1 heterocycles. The summed E-state index contributed by atoms with van der Waals surface area (Å²) in [5.41, 5.74) is 2.02. The van der Waals surface area contributed by atoms with Gasteiger partial charge in [0, 0.05) is 5.69 Å². The molecule has 25 heavy (non-hydrogen) atoms. The Morgan fingerprint density at radius 1 is 1.36 bits per heavy atom. The summed E-state index contributed by atoms with van der Waals surface area (Å²) in [6.45, 7) is 7.51. The molecule has 0 fully saturated rings. The van der Waals surface area contributed by atoms with Crippen molar-refractivity contribution in [3.05, 3.63) is 59.4 Å². The number of carbonyl (C=O) groups excluding carboxylic acids is 1. The van der Waals surface area contributed by atoms with Gasteiger partial charge in [-0.1, -0.05) is 18.7 Å². The van der Waals surface area contributed by atoms with Crippen molar-refractivity contribution in [2.75, 3.05) is 13.7 Å². The van der Waals surface area contributed by atoms with Gasteiger partial charge in [-0.2, -0.15) is 10.4 Å². The Labute approximate surface area is 146 Å². The Bertz CT molecular complexity index is 873. The quantitative estimate of drug-likeness (QED) is 0.459. The predicted molar refractivity (Wildman–Crippen MR) is 94.6 cm³/mol. The predicted octanol–water partition coefficient (Wildman–Crippen LogP) is 3.32. The van der Waals surface area contributed by atoms with E-state index < -0.39 is 5.91 Å². The van der Waals surface area contributed by atoms with Gasteiger partial charge in [0.05, 0.1) is 12.8 Å². The molecule has 0 aliphatic carbocycles. The summed E-state index contributed by atoms with van der Waals surface area (Å²) in [6, 6.07) is 8.88. The first-order valence-electron chi connectivity index (χ1n) is 7.61. The topological polar surface area (TPSA) is 77.1 Å². The van der Waals surface area contributed by atoms with E-state index in [1.807, 2.05) is 6.07 Å². The number of rotatable bonds is 6. The SMILES string of the molecule is C=CCOc1ccc(/C=C(\C#N)C(=O)n2nc(C)cc2C)cc1OC. The first kappa shape index (κ1) is 18.0. The van der Waals surface area contributed by atoms with Gasteiger partial charge in [0.25, 0.3) is 5.91 Å². The van der Waals surface area contributed by atoms with Crippen LogP contribution in [0.25, 0.3) is 6.08 Å². The zero-order valence-corrected chi connectivity index (χ0v) is 14.4. The van der Waals surface area contributed by atoms with Crippen molar-refractivity contribution in [2.24, 2.45) is 0 Å². The number of allylic oxidation sites excluding steroid dienone is 1. The van der Waals surface area contributed by atoms with E-state index in [9.17, 15) is 10.1 Å². The molecule has 0 unspecified atom stereocenters. The summed E-state index contributed by atoms with van der Waals surface area (Å²) >= 11 is 0. The fourth-order valence-corrected chi connectivity index (χ4v) is 2.30. The molecule has 0 amide bonds. The minimum absolute atomic E-state index is 0.0204. The Morgan fingerprint density at radius 3 is 2.68 bits per heavy atom. The Balaban J connectivity index is 2.36. The average Bonchev–Trinajstić information content (AvgIpc) is 2.95. The second kappa shape index (κ2) is 7.97. The molecule has 0 radical (unpaired) electrons. The van der Waals surface area contributed by atoms with Gasteiger partial charge in [-0.25, -0.2) is 4.68 Å². The van der Waals surface area contributed by atoms with Crippen LogP contribution in [0.5, 0.6) is 11.5 Å². The third-order valence-electron chi connectivity index (χ3n) is 3.41. The summed E-state index contributed by atoms with van der Waals surface area (Å²) in [5, 5.41) is 13.5. The average molecular weight is 337 g/mol. The highest BCUT2D eigenvalue weighted by molar-refractivity contribution is 6.03. The maximum atomic E-state index is 12.5. The van der Waals surface area contributed by atoms with E-state index >= 15 is 0 Å². The van der Waals surface area contributed by atoms with Crippen molar-refractivity contribution in [3.8, 4) is 17.6 Å². The fraction of sp³-hybridized carbons (Fsp3) is 0.211. The molecule has 0 aliphatic heterocycles. The van der Waals surface area contributed by atoms with Crippen molar-refractivity contribution in [3.63, 3.8) is 0 Å². The Morgan fingerprint density at radius 2 is 2.12 bits per heavy atom. The van der Waals surface area contributed by atoms with Gasteiger partial charge in [0.15, 0.2) is 11.5 Å². The standard InChI is InChI=1S/C19H19N3O3/c1-5-8-25-17-7-6-15(11-18(17)24-4)10-16(12-20)19(23)22-14(3)9-13(2)21-22/h5-7,9-11H,1,8H2,2-4H3/b16-10+. The van der Waals surface area contributed by atoms with Gasteiger partial charge in [0.1, 0.15) is 18.2 Å². The van der Waals surface area contributed by atoms with Crippen LogP contribution < -0.4 is 9.47 Å². The lowest BCUT2D eigenvalue weighted by molar-refractivity contribution is 0.0943.